The van der Waals surface area contributed by atoms with Gasteiger partial charge in [0.05, 0.1) is 12.3 Å². The zero-order valence-corrected chi connectivity index (χ0v) is 13.3. The maximum absolute atomic E-state index is 11.6. The van der Waals surface area contributed by atoms with Crippen molar-refractivity contribution in [1.82, 2.24) is 14.8 Å². The lowest BCUT2D eigenvalue weighted by Gasteiger charge is -2.12. The summed E-state index contributed by atoms with van der Waals surface area (Å²) in [5.74, 6) is 1.65. The summed E-state index contributed by atoms with van der Waals surface area (Å²) in [7, 11) is -2.94. The van der Waals surface area contributed by atoms with Crippen LogP contribution in [0.25, 0.3) is 0 Å². The average Bonchev–Trinajstić information content (AvgIpc) is 2.71. The number of rotatable bonds is 8. The van der Waals surface area contributed by atoms with Crippen LogP contribution in [0.4, 0.5) is 0 Å². The standard InChI is InChI=1S/C11H22N4O2S2/c1-4-6-19(16,17)7-5-18-11-14-13-10(8-12)15(11)9(2)3/h9H,4-8,12H2,1-3H3. The third-order valence-electron chi connectivity index (χ3n) is 2.57. The molecule has 0 spiro atoms. The lowest BCUT2D eigenvalue weighted by molar-refractivity contribution is 0.526. The number of aromatic nitrogens is 3. The quantitative estimate of drug-likeness (QED) is 0.727. The van der Waals surface area contributed by atoms with E-state index in [2.05, 4.69) is 10.2 Å². The SMILES string of the molecule is CCCS(=O)(=O)CCSc1nnc(CN)n1C(C)C. The van der Waals surface area contributed by atoms with Gasteiger partial charge in [0.2, 0.25) is 0 Å². The fourth-order valence-corrected chi connectivity index (χ4v) is 4.65. The molecule has 0 saturated heterocycles. The van der Waals surface area contributed by atoms with Gasteiger partial charge in [0.25, 0.3) is 0 Å². The molecule has 1 heterocycles. The first kappa shape index (κ1) is 16.5. The molecule has 0 saturated carbocycles. The Hall–Kier alpha value is -0.600. The van der Waals surface area contributed by atoms with E-state index < -0.39 is 9.84 Å². The third-order valence-corrected chi connectivity index (χ3v) is 5.63. The van der Waals surface area contributed by atoms with Crippen molar-refractivity contribution in [3.05, 3.63) is 5.82 Å². The summed E-state index contributed by atoms with van der Waals surface area (Å²) in [6, 6.07) is 0.211. The summed E-state index contributed by atoms with van der Waals surface area (Å²) in [5.41, 5.74) is 5.61. The smallest absolute Gasteiger partial charge is 0.191 e. The van der Waals surface area contributed by atoms with Gasteiger partial charge in [-0.2, -0.15) is 0 Å². The molecule has 1 aromatic rings. The zero-order valence-electron chi connectivity index (χ0n) is 11.7. The predicted octanol–water partition coefficient (Wildman–Crippen LogP) is 1.23. The van der Waals surface area contributed by atoms with Crippen molar-refractivity contribution < 1.29 is 8.42 Å². The molecular weight excluding hydrogens is 284 g/mol. The van der Waals surface area contributed by atoms with Gasteiger partial charge >= 0.3 is 0 Å². The van der Waals surface area contributed by atoms with Crippen LogP contribution in [0.3, 0.4) is 0 Å². The van der Waals surface area contributed by atoms with Crippen LogP contribution in [0, 0.1) is 0 Å². The lowest BCUT2D eigenvalue weighted by Crippen LogP contribution is -2.14. The molecule has 0 radical (unpaired) electrons. The summed E-state index contributed by atoms with van der Waals surface area (Å²) in [4.78, 5) is 0. The molecule has 19 heavy (non-hydrogen) atoms. The van der Waals surface area contributed by atoms with Crippen molar-refractivity contribution in [2.45, 2.75) is 44.9 Å². The molecule has 2 N–H and O–H groups in total. The van der Waals surface area contributed by atoms with Gasteiger partial charge in [-0.15, -0.1) is 10.2 Å². The maximum atomic E-state index is 11.6. The van der Waals surface area contributed by atoms with E-state index >= 15 is 0 Å². The van der Waals surface area contributed by atoms with Gasteiger partial charge in [0, 0.05) is 17.5 Å². The van der Waals surface area contributed by atoms with E-state index in [1.807, 2.05) is 25.3 Å². The molecule has 0 aliphatic rings. The molecule has 1 aromatic heterocycles. The number of hydrogen-bond acceptors (Lipinski definition) is 6. The van der Waals surface area contributed by atoms with E-state index in [1.54, 1.807) is 0 Å². The highest BCUT2D eigenvalue weighted by Crippen LogP contribution is 2.21. The highest BCUT2D eigenvalue weighted by molar-refractivity contribution is 8.00. The monoisotopic (exact) mass is 306 g/mol. The third kappa shape index (κ3) is 4.77. The molecule has 110 valence electrons. The first-order valence-electron chi connectivity index (χ1n) is 6.38. The fourth-order valence-electron chi connectivity index (χ4n) is 1.74. The summed E-state index contributed by atoms with van der Waals surface area (Å²) >= 11 is 1.42. The van der Waals surface area contributed by atoms with Crippen LogP contribution in [-0.2, 0) is 16.4 Å². The molecule has 0 atom stereocenters. The molecule has 0 aromatic carbocycles. The maximum Gasteiger partial charge on any atom is 0.191 e. The van der Waals surface area contributed by atoms with Crippen LogP contribution in [0.15, 0.2) is 5.16 Å². The summed E-state index contributed by atoms with van der Waals surface area (Å²) in [5, 5.41) is 8.84. The van der Waals surface area contributed by atoms with E-state index in [-0.39, 0.29) is 17.5 Å². The Labute approximate surface area is 119 Å². The van der Waals surface area contributed by atoms with Crippen molar-refractivity contribution in [1.29, 1.82) is 0 Å². The topological polar surface area (TPSA) is 90.9 Å². The first-order valence-corrected chi connectivity index (χ1v) is 9.19. The molecule has 0 bridgehead atoms. The van der Waals surface area contributed by atoms with Crippen LogP contribution in [0.1, 0.15) is 39.1 Å². The van der Waals surface area contributed by atoms with Gasteiger partial charge in [-0.05, 0) is 20.3 Å². The molecule has 0 unspecified atom stereocenters. The lowest BCUT2D eigenvalue weighted by atomic mass is 10.4. The zero-order chi connectivity index (χ0) is 14.5. The summed E-state index contributed by atoms with van der Waals surface area (Å²) in [6.07, 6.45) is 0.659. The van der Waals surface area contributed by atoms with Crippen molar-refractivity contribution >= 4 is 21.6 Å². The van der Waals surface area contributed by atoms with Crippen LogP contribution in [-0.4, -0.2) is 40.4 Å². The Balaban J connectivity index is 2.66. The number of sulfone groups is 1. The molecular formula is C11H22N4O2S2. The van der Waals surface area contributed by atoms with Gasteiger partial charge in [-0.1, -0.05) is 18.7 Å². The average molecular weight is 306 g/mol. The van der Waals surface area contributed by atoms with E-state index in [0.29, 0.717) is 18.7 Å². The Morgan fingerprint density at radius 1 is 1.32 bits per heavy atom. The molecule has 0 aliphatic heterocycles. The number of nitrogens with two attached hydrogens (primary N) is 1. The minimum Gasteiger partial charge on any atom is -0.324 e. The highest BCUT2D eigenvalue weighted by Gasteiger charge is 2.15. The van der Waals surface area contributed by atoms with Crippen molar-refractivity contribution in [3.63, 3.8) is 0 Å². The predicted molar refractivity (Wildman–Crippen MR) is 78.0 cm³/mol. The van der Waals surface area contributed by atoms with E-state index in [1.165, 1.54) is 11.8 Å². The van der Waals surface area contributed by atoms with E-state index in [9.17, 15) is 8.42 Å². The first-order chi connectivity index (χ1) is 8.91. The van der Waals surface area contributed by atoms with Crippen molar-refractivity contribution in [3.8, 4) is 0 Å². The van der Waals surface area contributed by atoms with Gasteiger partial charge < -0.3 is 10.3 Å². The van der Waals surface area contributed by atoms with Gasteiger partial charge in [-0.3, -0.25) is 0 Å². The minimum atomic E-state index is -2.94. The Morgan fingerprint density at radius 2 is 2.00 bits per heavy atom. The van der Waals surface area contributed by atoms with E-state index in [0.717, 1.165) is 11.0 Å². The Kier molecular flexibility index (Phi) is 6.28. The van der Waals surface area contributed by atoms with Gasteiger partial charge in [0.15, 0.2) is 15.0 Å². The van der Waals surface area contributed by atoms with Crippen LogP contribution < -0.4 is 5.73 Å². The van der Waals surface area contributed by atoms with Gasteiger partial charge in [0.1, 0.15) is 5.82 Å². The molecule has 6 nitrogen and oxygen atoms in total. The molecule has 8 heteroatoms. The molecule has 0 amide bonds. The highest BCUT2D eigenvalue weighted by atomic mass is 32.2. The second-order valence-electron chi connectivity index (χ2n) is 4.57. The molecule has 0 aliphatic carbocycles. The van der Waals surface area contributed by atoms with Crippen molar-refractivity contribution in [2.24, 2.45) is 5.73 Å². The Bertz CT molecular complexity index is 497. The van der Waals surface area contributed by atoms with Gasteiger partial charge in [-0.25, -0.2) is 8.42 Å². The second-order valence-corrected chi connectivity index (χ2v) is 7.93. The normalized spacial score (nSPS) is 12.3. The number of nitrogens with zero attached hydrogens (tertiary/aromatic N) is 3. The minimum absolute atomic E-state index is 0.175. The fraction of sp³-hybridized carbons (Fsp3) is 0.818. The number of hydrogen-bond donors (Lipinski definition) is 1. The van der Waals surface area contributed by atoms with E-state index in [4.69, 9.17) is 5.73 Å². The van der Waals surface area contributed by atoms with Crippen LogP contribution in [0.2, 0.25) is 0 Å². The van der Waals surface area contributed by atoms with Crippen LogP contribution >= 0.6 is 11.8 Å². The van der Waals surface area contributed by atoms with Crippen molar-refractivity contribution in [2.75, 3.05) is 17.3 Å². The summed E-state index contributed by atoms with van der Waals surface area (Å²) in [6.45, 7) is 6.26. The molecule has 1 rings (SSSR count). The number of thioether (sulfide) groups is 1. The summed E-state index contributed by atoms with van der Waals surface area (Å²) < 4.78 is 25.2. The molecule has 0 fully saturated rings. The second kappa shape index (κ2) is 7.25. The largest absolute Gasteiger partial charge is 0.324 e. The van der Waals surface area contributed by atoms with Crippen LogP contribution in [0.5, 0.6) is 0 Å². The Morgan fingerprint density at radius 3 is 2.53 bits per heavy atom.